The second-order valence-electron chi connectivity index (χ2n) is 9.14. The lowest BCUT2D eigenvalue weighted by Crippen LogP contribution is -2.40. The lowest BCUT2D eigenvalue weighted by atomic mass is 9.91. The van der Waals surface area contributed by atoms with Gasteiger partial charge in [-0.15, -0.1) is 0 Å². The van der Waals surface area contributed by atoms with Crippen LogP contribution < -0.4 is 15.5 Å². The molecule has 2 aromatic rings. The molecule has 1 aromatic heterocycles. The molecule has 2 aliphatic carbocycles. The van der Waals surface area contributed by atoms with Crippen molar-refractivity contribution in [1.82, 2.24) is 15.3 Å². The molecule has 0 aliphatic heterocycles. The number of fused-ring (bicyclic) bond motifs is 1. The molecular weight excluding hydrogens is 386 g/mol. The maximum Gasteiger partial charge on any atom is 0.225 e. The fourth-order valence-electron chi connectivity index (χ4n) is 4.78. The standard InChI is InChI=1S/C25H35N5O/c1-30(2)24-21-10-6-7-11-22(21)28-25(29-24)27-20-15-13-19(14-16-20)26-23(31)17-12-18-8-4-3-5-9-18/h3-5,8-9,19-20H,6-7,10-17H2,1-2H3,(H,26,31)(H,27,28,29). The molecule has 0 spiro atoms. The summed E-state index contributed by atoms with van der Waals surface area (Å²) in [5, 5.41) is 6.82. The van der Waals surface area contributed by atoms with Gasteiger partial charge in [-0.2, -0.15) is 4.98 Å². The van der Waals surface area contributed by atoms with Gasteiger partial charge in [-0.1, -0.05) is 30.3 Å². The van der Waals surface area contributed by atoms with Crippen LogP contribution in [0.4, 0.5) is 11.8 Å². The van der Waals surface area contributed by atoms with Gasteiger partial charge in [-0.25, -0.2) is 4.98 Å². The van der Waals surface area contributed by atoms with Crippen LogP contribution in [-0.4, -0.2) is 42.1 Å². The monoisotopic (exact) mass is 421 g/mol. The highest BCUT2D eigenvalue weighted by molar-refractivity contribution is 5.76. The third kappa shape index (κ3) is 5.75. The minimum atomic E-state index is 0.161. The van der Waals surface area contributed by atoms with Gasteiger partial charge >= 0.3 is 0 Å². The Hall–Kier alpha value is -2.63. The third-order valence-electron chi connectivity index (χ3n) is 6.49. The van der Waals surface area contributed by atoms with E-state index < -0.39 is 0 Å². The molecule has 166 valence electrons. The second kappa shape index (κ2) is 10.1. The molecule has 0 atom stereocenters. The van der Waals surface area contributed by atoms with Crippen molar-refractivity contribution in [2.75, 3.05) is 24.3 Å². The molecule has 1 saturated carbocycles. The van der Waals surface area contributed by atoms with Crippen LogP contribution in [0.5, 0.6) is 0 Å². The van der Waals surface area contributed by atoms with E-state index in [4.69, 9.17) is 9.97 Å². The van der Waals surface area contributed by atoms with E-state index in [1.807, 2.05) is 18.2 Å². The number of anilines is 2. The summed E-state index contributed by atoms with van der Waals surface area (Å²) in [6.45, 7) is 0. The number of carbonyl (C=O) groups is 1. The predicted molar refractivity (Wildman–Crippen MR) is 126 cm³/mol. The maximum atomic E-state index is 12.3. The van der Waals surface area contributed by atoms with Gasteiger partial charge < -0.3 is 15.5 Å². The Balaban J connectivity index is 1.26. The van der Waals surface area contributed by atoms with Crippen LogP contribution in [0.3, 0.4) is 0 Å². The van der Waals surface area contributed by atoms with Crippen molar-refractivity contribution >= 4 is 17.7 Å². The van der Waals surface area contributed by atoms with Crippen molar-refractivity contribution in [2.24, 2.45) is 0 Å². The highest BCUT2D eigenvalue weighted by atomic mass is 16.1. The van der Waals surface area contributed by atoms with Crippen LogP contribution in [0.25, 0.3) is 0 Å². The number of nitrogens with zero attached hydrogens (tertiary/aromatic N) is 3. The summed E-state index contributed by atoms with van der Waals surface area (Å²) in [5.41, 5.74) is 3.75. The molecule has 0 saturated heterocycles. The molecule has 1 amide bonds. The van der Waals surface area contributed by atoms with Crippen molar-refractivity contribution in [3.63, 3.8) is 0 Å². The first-order chi connectivity index (χ1) is 15.1. The average molecular weight is 422 g/mol. The minimum Gasteiger partial charge on any atom is -0.362 e. The first-order valence-corrected chi connectivity index (χ1v) is 11.8. The Kier molecular flexibility index (Phi) is 7.05. The highest BCUT2D eigenvalue weighted by Crippen LogP contribution is 2.29. The largest absolute Gasteiger partial charge is 0.362 e. The number of aryl methyl sites for hydroxylation is 2. The highest BCUT2D eigenvalue weighted by Gasteiger charge is 2.24. The average Bonchev–Trinajstić information content (AvgIpc) is 2.79. The molecule has 1 fully saturated rings. The zero-order valence-electron chi connectivity index (χ0n) is 18.9. The van der Waals surface area contributed by atoms with Crippen LogP contribution >= 0.6 is 0 Å². The van der Waals surface area contributed by atoms with E-state index in [0.29, 0.717) is 12.5 Å². The van der Waals surface area contributed by atoms with E-state index >= 15 is 0 Å². The summed E-state index contributed by atoms with van der Waals surface area (Å²) in [7, 11) is 4.12. The van der Waals surface area contributed by atoms with Crippen LogP contribution in [0.2, 0.25) is 0 Å². The topological polar surface area (TPSA) is 70.2 Å². The number of carbonyl (C=O) groups excluding carboxylic acids is 1. The van der Waals surface area contributed by atoms with E-state index in [1.165, 1.54) is 29.7 Å². The van der Waals surface area contributed by atoms with Gasteiger partial charge in [0.2, 0.25) is 11.9 Å². The number of amides is 1. The molecule has 2 aliphatic rings. The van der Waals surface area contributed by atoms with Crippen molar-refractivity contribution in [2.45, 2.75) is 76.3 Å². The molecule has 6 nitrogen and oxygen atoms in total. The first-order valence-electron chi connectivity index (χ1n) is 11.8. The molecule has 1 heterocycles. The SMILES string of the molecule is CN(C)c1nc(NC2CCC(NC(=O)CCc3ccccc3)CC2)nc2c1CCCC2. The Morgan fingerprint density at radius 1 is 1.00 bits per heavy atom. The zero-order valence-corrected chi connectivity index (χ0v) is 18.9. The predicted octanol–water partition coefficient (Wildman–Crippen LogP) is 3.89. The molecule has 0 bridgehead atoms. The molecule has 0 radical (unpaired) electrons. The Morgan fingerprint density at radius 3 is 2.45 bits per heavy atom. The quantitative estimate of drug-likeness (QED) is 0.710. The number of nitrogens with one attached hydrogen (secondary N) is 2. The summed E-state index contributed by atoms with van der Waals surface area (Å²) in [6, 6.07) is 10.9. The molecule has 1 aromatic carbocycles. The van der Waals surface area contributed by atoms with Crippen molar-refractivity contribution in [1.29, 1.82) is 0 Å². The van der Waals surface area contributed by atoms with Gasteiger partial charge in [-0.05, 0) is 63.4 Å². The van der Waals surface area contributed by atoms with E-state index in [9.17, 15) is 4.79 Å². The first kappa shape index (κ1) is 21.6. The fraction of sp³-hybridized carbons (Fsp3) is 0.560. The van der Waals surface area contributed by atoms with Crippen molar-refractivity contribution in [3.05, 3.63) is 47.2 Å². The van der Waals surface area contributed by atoms with Crippen molar-refractivity contribution in [3.8, 4) is 0 Å². The van der Waals surface area contributed by atoms with E-state index in [2.05, 4.69) is 41.8 Å². The molecule has 6 heteroatoms. The summed E-state index contributed by atoms with van der Waals surface area (Å²) in [6.07, 6.45) is 9.99. The van der Waals surface area contributed by atoms with E-state index in [0.717, 1.165) is 56.7 Å². The van der Waals surface area contributed by atoms with E-state index in [1.54, 1.807) is 0 Å². The van der Waals surface area contributed by atoms with Crippen LogP contribution in [0, 0.1) is 0 Å². The number of rotatable bonds is 7. The number of hydrogen-bond acceptors (Lipinski definition) is 5. The van der Waals surface area contributed by atoms with Crippen LogP contribution in [0.15, 0.2) is 30.3 Å². The number of aromatic nitrogens is 2. The van der Waals surface area contributed by atoms with Gasteiger partial charge in [-0.3, -0.25) is 4.79 Å². The third-order valence-corrected chi connectivity index (χ3v) is 6.49. The summed E-state index contributed by atoms with van der Waals surface area (Å²) >= 11 is 0. The Labute approximate surface area is 185 Å². The Bertz CT molecular complexity index is 875. The van der Waals surface area contributed by atoms with E-state index in [-0.39, 0.29) is 11.9 Å². The van der Waals surface area contributed by atoms with Crippen LogP contribution in [0.1, 0.15) is 61.8 Å². The van der Waals surface area contributed by atoms with Gasteiger partial charge in [0.1, 0.15) is 5.82 Å². The van der Waals surface area contributed by atoms with Gasteiger partial charge in [0.15, 0.2) is 0 Å². The molecule has 4 rings (SSSR count). The van der Waals surface area contributed by atoms with Gasteiger partial charge in [0.05, 0.1) is 5.69 Å². The molecular formula is C25H35N5O. The minimum absolute atomic E-state index is 0.161. The Morgan fingerprint density at radius 2 is 1.71 bits per heavy atom. The molecule has 31 heavy (non-hydrogen) atoms. The maximum absolute atomic E-state index is 12.3. The normalized spacial score (nSPS) is 20.6. The van der Waals surface area contributed by atoms with Gasteiger partial charge in [0.25, 0.3) is 0 Å². The molecule has 0 unspecified atom stereocenters. The van der Waals surface area contributed by atoms with Crippen LogP contribution in [-0.2, 0) is 24.1 Å². The summed E-state index contributed by atoms with van der Waals surface area (Å²) in [4.78, 5) is 24.1. The summed E-state index contributed by atoms with van der Waals surface area (Å²) < 4.78 is 0. The fourth-order valence-corrected chi connectivity index (χ4v) is 4.78. The lowest BCUT2D eigenvalue weighted by molar-refractivity contribution is -0.122. The second-order valence-corrected chi connectivity index (χ2v) is 9.14. The lowest BCUT2D eigenvalue weighted by Gasteiger charge is -2.30. The molecule has 2 N–H and O–H groups in total. The zero-order chi connectivity index (χ0) is 21.6. The van der Waals surface area contributed by atoms with Crippen molar-refractivity contribution < 1.29 is 4.79 Å². The summed E-state index contributed by atoms with van der Waals surface area (Å²) in [5.74, 6) is 1.99. The number of benzene rings is 1. The smallest absolute Gasteiger partial charge is 0.225 e. The van der Waals surface area contributed by atoms with Gasteiger partial charge in [0, 0.05) is 38.2 Å². The number of hydrogen-bond donors (Lipinski definition) is 2.